The van der Waals surface area contributed by atoms with E-state index in [-0.39, 0.29) is 18.2 Å². The summed E-state index contributed by atoms with van der Waals surface area (Å²) in [5, 5.41) is 8.48. The van der Waals surface area contributed by atoms with Gasteiger partial charge in [-0.2, -0.15) is 0 Å². The summed E-state index contributed by atoms with van der Waals surface area (Å²) < 4.78 is 0. The van der Waals surface area contributed by atoms with Crippen LogP contribution in [0.4, 0.5) is 0 Å². The van der Waals surface area contributed by atoms with Gasteiger partial charge in [-0.3, -0.25) is 4.79 Å². The number of hydrogen-bond donors (Lipinski definition) is 1. The Balaban J connectivity index is 3.25. The lowest BCUT2D eigenvalue weighted by Crippen LogP contribution is -2.01. The average molecular weight is 186 g/mol. The van der Waals surface area contributed by atoms with Crippen LogP contribution in [0.1, 0.15) is 45.4 Å². The van der Waals surface area contributed by atoms with Crippen molar-refractivity contribution in [1.82, 2.24) is 0 Å². The van der Waals surface area contributed by atoms with E-state index < -0.39 is 0 Å². The van der Waals surface area contributed by atoms with Gasteiger partial charge in [-0.1, -0.05) is 6.42 Å². The highest BCUT2D eigenvalue weighted by Gasteiger charge is 2.03. The molecule has 0 heterocycles. The highest BCUT2D eigenvalue weighted by molar-refractivity contribution is 5.84. The average Bonchev–Trinajstić information content (AvgIpc) is 2.09. The number of hydrogen-bond acceptors (Lipinski definition) is 3. The summed E-state index contributed by atoms with van der Waals surface area (Å²) in [5.41, 5.74) is 0. The number of unbranched alkanes of at least 4 members (excludes halogenated alkanes) is 2. The van der Waals surface area contributed by atoms with E-state index >= 15 is 0 Å². The van der Waals surface area contributed by atoms with Crippen molar-refractivity contribution in [2.75, 3.05) is 6.61 Å². The van der Waals surface area contributed by atoms with Crippen molar-refractivity contribution in [3.8, 4) is 0 Å². The van der Waals surface area contributed by atoms with Gasteiger partial charge in [0.05, 0.1) is 0 Å². The minimum absolute atomic E-state index is 0.0729. The Hall–Kier alpha value is -0.700. The number of carbonyl (C=O) groups excluding carboxylic acids is 2. The van der Waals surface area contributed by atoms with Gasteiger partial charge in [-0.05, 0) is 19.8 Å². The molecule has 0 saturated heterocycles. The normalized spacial score (nSPS) is 10.0. The molecule has 0 aromatic heterocycles. The van der Waals surface area contributed by atoms with Crippen LogP contribution in [0.5, 0.6) is 0 Å². The number of aliphatic hydroxyl groups excluding tert-OH is 1. The lowest BCUT2D eigenvalue weighted by atomic mass is 10.1. The second-order valence-electron chi connectivity index (χ2n) is 3.27. The van der Waals surface area contributed by atoms with Crippen LogP contribution in [-0.4, -0.2) is 23.3 Å². The van der Waals surface area contributed by atoms with Crippen LogP contribution in [-0.2, 0) is 9.59 Å². The van der Waals surface area contributed by atoms with E-state index in [1.54, 1.807) is 0 Å². The maximum Gasteiger partial charge on any atom is 0.133 e. The number of ketones is 2. The molecule has 0 fully saturated rings. The van der Waals surface area contributed by atoms with Gasteiger partial charge in [0.25, 0.3) is 0 Å². The molecule has 3 nitrogen and oxygen atoms in total. The van der Waals surface area contributed by atoms with Crippen molar-refractivity contribution in [1.29, 1.82) is 0 Å². The Bertz CT molecular complexity index is 164. The third kappa shape index (κ3) is 9.21. The predicted molar refractivity (Wildman–Crippen MR) is 50.5 cm³/mol. The number of Topliss-reactive ketones (excluding diaryl/α,β-unsaturated/α-hetero) is 2. The maximum absolute atomic E-state index is 11.1. The summed E-state index contributed by atoms with van der Waals surface area (Å²) >= 11 is 0. The van der Waals surface area contributed by atoms with Gasteiger partial charge in [-0.25, -0.2) is 0 Å². The summed E-state index contributed by atoms with van der Waals surface area (Å²) in [4.78, 5) is 21.6. The van der Waals surface area contributed by atoms with Crippen LogP contribution in [0.2, 0.25) is 0 Å². The molecular weight excluding hydrogens is 168 g/mol. The number of carbonyl (C=O) groups is 2. The van der Waals surface area contributed by atoms with Gasteiger partial charge in [0.1, 0.15) is 11.6 Å². The molecule has 0 atom stereocenters. The first-order valence-corrected chi connectivity index (χ1v) is 4.79. The van der Waals surface area contributed by atoms with E-state index in [0.717, 1.165) is 19.3 Å². The molecule has 0 bridgehead atoms. The Morgan fingerprint density at radius 2 is 1.69 bits per heavy atom. The van der Waals surface area contributed by atoms with E-state index in [4.69, 9.17) is 5.11 Å². The molecule has 3 heteroatoms. The van der Waals surface area contributed by atoms with Gasteiger partial charge in [0.15, 0.2) is 0 Å². The van der Waals surface area contributed by atoms with Crippen molar-refractivity contribution in [3.63, 3.8) is 0 Å². The minimum atomic E-state index is 0.0729. The minimum Gasteiger partial charge on any atom is -0.396 e. The van der Waals surface area contributed by atoms with Crippen molar-refractivity contribution in [2.24, 2.45) is 0 Å². The van der Waals surface area contributed by atoms with Crippen LogP contribution in [0, 0.1) is 0 Å². The third-order valence-electron chi connectivity index (χ3n) is 1.87. The molecule has 0 aliphatic carbocycles. The Kier molecular flexibility index (Phi) is 7.50. The first-order chi connectivity index (χ1) is 6.16. The predicted octanol–water partition coefficient (Wildman–Crippen LogP) is 1.48. The van der Waals surface area contributed by atoms with Gasteiger partial charge < -0.3 is 9.90 Å². The summed E-state index contributed by atoms with van der Waals surface area (Å²) in [6.07, 6.45) is 3.79. The van der Waals surface area contributed by atoms with Crippen molar-refractivity contribution < 1.29 is 14.7 Å². The molecule has 0 radical (unpaired) electrons. The van der Waals surface area contributed by atoms with Crippen molar-refractivity contribution in [3.05, 3.63) is 0 Å². The zero-order valence-electron chi connectivity index (χ0n) is 8.21. The summed E-state index contributed by atoms with van der Waals surface area (Å²) in [6, 6.07) is 0. The molecule has 0 aliphatic heterocycles. The lowest BCUT2D eigenvalue weighted by molar-refractivity contribution is -0.123. The highest BCUT2D eigenvalue weighted by atomic mass is 16.2. The van der Waals surface area contributed by atoms with Crippen LogP contribution in [0.15, 0.2) is 0 Å². The molecule has 1 N–H and O–H groups in total. The fourth-order valence-corrected chi connectivity index (χ4v) is 1.05. The van der Waals surface area contributed by atoms with E-state index in [1.165, 1.54) is 6.92 Å². The molecular formula is C10H18O3. The van der Waals surface area contributed by atoms with Gasteiger partial charge in [0.2, 0.25) is 0 Å². The molecule has 76 valence electrons. The van der Waals surface area contributed by atoms with Gasteiger partial charge >= 0.3 is 0 Å². The molecule has 0 unspecified atom stereocenters. The monoisotopic (exact) mass is 186 g/mol. The zero-order chi connectivity index (χ0) is 10.1. The second-order valence-corrected chi connectivity index (χ2v) is 3.27. The van der Waals surface area contributed by atoms with Crippen molar-refractivity contribution >= 4 is 11.6 Å². The Morgan fingerprint density at radius 3 is 2.23 bits per heavy atom. The van der Waals surface area contributed by atoms with E-state index in [0.29, 0.717) is 19.3 Å². The molecule has 13 heavy (non-hydrogen) atoms. The smallest absolute Gasteiger partial charge is 0.133 e. The fraction of sp³-hybridized carbons (Fsp3) is 0.800. The largest absolute Gasteiger partial charge is 0.396 e. The number of rotatable bonds is 8. The van der Waals surface area contributed by atoms with E-state index in [1.807, 2.05) is 0 Å². The van der Waals surface area contributed by atoms with E-state index in [2.05, 4.69) is 0 Å². The summed E-state index contributed by atoms with van der Waals surface area (Å²) in [5.74, 6) is 0.233. The highest BCUT2D eigenvalue weighted by Crippen LogP contribution is 2.03. The second kappa shape index (κ2) is 7.92. The molecule has 0 rings (SSSR count). The molecule has 0 aromatic rings. The molecule has 0 saturated carbocycles. The fourth-order valence-electron chi connectivity index (χ4n) is 1.05. The van der Waals surface area contributed by atoms with Crippen LogP contribution >= 0.6 is 0 Å². The standard InChI is InChI=1S/C10H18O3/c1-9(12)6-7-10(13)5-3-2-4-8-11/h11H,2-8H2,1H3. The first kappa shape index (κ1) is 12.3. The first-order valence-electron chi connectivity index (χ1n) is 4.79. The molecule has 0 spiro atoms. The van der Waals surface area contributed by atoms with E-state index in [9.17, 15) is 9.59 Å². The SMILES string of the molecule is CC(=O)CCC(=O)CCCCCO. The maximum atomic E-state index is 11.1. The molecule has 0 aromatic carbocycles. The van der Waals surface area contributed by atoms with Gasteiger partial charge in [-0.15, -0.1) is 0 Å². The number of aliphatic hydroxyl groups is 1. The van der Waals surface area contributed by atoms with Crippen molar-refractivity contribution in [2.45, 2.75) is 45.4 Å². The Labute approximate surface area is 79.1 Å². The summed E-state index contributed by atoms with van der Waals surface area (Å²) in [7, 11) is 0. The topological polar surface area (TPSA) is 54.4 Å². The third-order valence-corrected chi connectivity index (χ3v) is 1.87. The van der Waals surface area contributed by atoms with Gasteiger partial charge in [0, 0.05) is 25.9 Å². The lowest BCUT2D eigenvalue weighted by Gasteiger charge is -1.98. The van der Waals surface area contributed by atoms with Crippen LogP contribution < -0.4 is 0 Å². The molecule has 0 amide bonds. The van der Waals surface area contributed by atoms with Crippen LogP contribution in [0.25, 0.3) is 0 Å². The quantitative estimate of drug-likeness (QED) is 0.584. The summed E-state index contributed by atoms with van der Waals surface area (Å²) in [6.45, 7) is 1.70. The van der Waals surface area contributed by atoms with Crippen LogP contribution in [0.3, 0.4) is 0 Å². The zero-order valence-corrected chi connectivity index (χ0v) is 8.21. The molecule has 0 aliphatic rings. The Morgan fingerprint density at radius 1 is 1.00 bits per heavy atom.